The van der Waals surface area contributed by atoms with Crippen LogP contribution in [0.5, 0.6) is 5.75 Å². The van der Waals surface area contributed by atoms with Gasteiger partial charge in [-0.15, -0.1) is 0 Å². The number of likely N-dealkylation sites (tertiary alicyclic amines) is 1. The van der Waals surface area contributed by atoms with Gasteiger partial charge in [0.1, 0.15) is 5.75 Å². The maximum atomic E-state index is 12.7. The van der Waals surface area contributed by atoms with Gasteiger partial charge in [-0.2, -0.15) is 0 Å². The fraction of sp³-hybridized carbons (Fsp3) is 0.333. The molecule has 1 aliphatic rings. The molecule has 2 aromatic rings. The molecular formula is C21H25N3O3. The summed E-state index contributed by atoms with van der Waals surface area (Å²) in [6.07, 6.45) is 1.56. The number of para-hydroxylation sites is 2. The van der Waals surface area contributed by atoms with Crippen LogP contribution in [-0.4, -0.2) is 37.0 Å². The van der Waals surface area contributed by atoms with Crippen molar-refractivity contribution >= 4 is 23.3 Å². The molecule has 1 heterocycles. The zero-order valence-corrected chi connectivity index (χ0v) is 15.7. The van der Waals surface area contributed by atoms with Gasteiger partial charge in [-0.05, 0) is 49.6 Å². The lowest BCUT2D eigenvalue weighted by Gasteiger charge is -2.32. The highest BCUT2D eigenvalue weighted by Gasteiger charge is 2.29. The number of hydrogen-bond donors (Lipinski definition) is 2. The average molecular weight is 367 g/mol. The monoisotopic (exact) mass is 367 g/mol. The number of carbonyl (C=O) groups excluding carboxylic acids is 2. The van der Waals surface area contributed by atoms with Crippen LogP contribution in [0.4, 0.5) is 16.2 Å². The summed E-state index contributed by atoms with van der Waals surface area (Å²) in [6, 6.07) is 14.8. The van der Waals surface area contributed by atoms with E-state index in [0.717, 1.165) is 24.1 Å². The van der Waals surface area contributed by atoms with Crippen LogP contribution in [-0.2, 0) is 4.79 Å². The number of nitrogens with zero attached hydrogens (tertiary/aromatic N) is 1. The molecule has 6 nitrogen and oxygen atoms in total. The van der Waals surface area contributed by atoms with E-state index in [4.69, 9.17) is 4.74 Å². The van der Waals surface area contributed by atoms with E-state index in [9.17, 15) is 9.59 Å². The predicted molar refractivity (Wildman–Crippen MR) is 106 cm³/mol. The number of anilines is 2. The molecule has 0 bridgehead atoms. The van der Waals surface area contributed by atoms with Gasteiger partial charge in [0.2, 0.25) is 5.91 Å². The molecule has 0 aromatic heterocycles. The van der Waals surface area contributed by atoms with Crippen molar-refractivity contribution in [3.8, 4) is 5.75 Å². The van der Waals surface area contributed by atoms with Crippen molar-refractivity contribution in [2.45, 2.75) is 19.8 Å². The fourth-order valence-corrected chi connectivity index (χ4v) is 3.28. The van der Waals surface area contributed by atoms with E-state index < -0.39 is 0 Å². The van der Waals surface area contributed by atoms with E-state index in [1.54, 1.807) is 18.1 Å². The third-order valence-corrected chi connectivity index (χ3v) is 4.71. The number of amides is 3. The minimum absolute atomic E-state index is 0.0902. The third-order valence-electron chi connectivity index (χ3n) is 4.71. The van der Waals surface area contributed by atoms with Crippen LogP contribution in [0, 0.1) is 12.8 Å². The Balaban J connectivity index is 1.61. The minimum Gasteiger partial charge on any atom is -0.495 e. The molecule has 1 atom stereocenters. The largest absolute Gasteiger partial charge is 0.495 e. The van der Waals surface area contributed by atoms with E-state index in [0.29, 0.717) is 24.5 Å². The number of ether oxygens (including phenoxy) is 1. The molecule has 2 aromatic carbocycles. The van der Waals surface area contributed by atoms with Gasteiger partial charge >= 0.3 is 6.03 Å². The number of aryl methyl sites for hydroxylation is 1. The predicted octanol–water partition coefficient (Wildman–Crippen LogP) is 3.89. The second-order valence-electron chi connectivity index (χ2n) is 6.77. The number of piperidine rings is 1. The molecule has 0 saturated carbocycles. The molecule has 0 spiro atoms. The summed E-state index contributed by atoms with van der Waals surface area (Å²) in [5.41, 5.74) is 2.49. The number of nitrogens with one attached hydrogen (secondary N) is 2. The maximum absolute atomic E-state index is 12.7. The van der Waals surface area contributed by atoms with Gasteiger partial charge in [0, 0.05) is 18.8 Å². The molecule has 1 fully saturated rings. The van der Waals surface area contributed by atoms with Gasteiger partial charge in [0.25, 0.3) is 0 Å². The molecule has 27 heavy (non-hydrogen) atoms. The minimum atomic E-state index is -0.244. The van der Waals surface area contributed by atoms with Crippen molar-refractivity contribution in [1.29, 1.82) is 0 Å². The lowest BCUT2D eigenvalue weighted by molar-refractivity contribution is -0.121. The quantitative estimate of drug-likeness (QED) is 0.861. The summed E-state index contributed by atoms with van der Waals surface area (Å²) in [7, 11) is 1.57. The molecular weight excluding hydrogens is 342 g/mol. The first-order chi connectivity index (χ1) is 13.1. The van der Waals surface area contributed by atoms with Crippen molar-refractivity contribution in [3.63, 3.8) is 0 Å². The van der Waals surface area contributed by atoms with Gasteiger partial charge in [-0.3, -0.25) is 4.79 Å². The Morgan fingerprint density at radius 2 is 1.93 bits per heavy atom. The molecule has 3 rings (SSSR count). The Morgan fingerprint density at radius 1 is 1.11 bits per heavy atom. The smallest absolute Gasteiger partial charge is 0.321 e. The first-order valence-corrected chi connectivity index (χ1v) is 9.13. The normalized spacial score (nSPS) is 16.5. The Morgan fingerprint density at radius 3 is 2.70 bits per heavy atom. The van der Waals surface area contributed by atoms with Crippen molar-refractivity contribution in [1.82, 2.24) is 4.90 Å². The number of methoxy groups -OCH3 is 1. The van der Waals surface area contributed by atoms with Crippen LogP contribution >= 0.6 is 0 Å². The van der Waals surface area contributed by atoms with Crippen molar-refractivity contribution in [2.75, 3.05) is 30.8 Å². The van der Waals surface area contributed by atoms with Crippen LogP contribution in [0.2, 0.25) is 0 Å². The van der Waals surface area contributed by atoms with Crippen molar-refractivity contribution < 1.29 is 14.3 Å². The zero-order valence-electron chi connectivity index (χ0n) is 15.7. The highest BCUT2D eigenvalue weighted by atomic mass is 16.5. The Hall–Kier alpha value is -3.02. The summed E-state index contributed by atoms with van der Waals surface area (Å²) < 4.78 is 5.28. The van der Waals surface area contributed by atoms with E-state index in [-0.39, 0.29) is 17.9 Å². The number of urea groups is 1. The van der Waals surface area contributed by atoms with Crippen molar-refractivity contribution in [3.05, 3.63) is 54.1 Å². The van der Waals surface area contributed by atoms with E-state index in [1.807, 2.05) is 49.4 Å². The van der Waals surface area contributed by atoms with E-state index >= 15 is 0 Å². The average Bonchev–Trinajstić information content (AvgIpc) is 2.68. The maximum Gasteiger partial charge on any atom is 0.321 e. The van der Waals surface area contributed by atoms with Crippen LogP contribution < -0.4 is 15.4 Å². The molecule has 3 amide bonds. The number of rotatable bonds is 4. The first-order valence-electron chi connectivity index (χ1n) is 9.13. The van der Waals surface area contributed by atoms with Crippen LogP contribution in [0.1, 0.15) is 18.4 Å². The summed E-state index contributed by atoms with van der Waals surface area (Å²) in [4.78, 5) is 27.0. The molecule has 1 unspecified atom stereocenters. The van der Waals surface area contributed by atoms with Gasteiger partial charge in [-0.25, -0.2) is 4.79 Å². The highest BCUT2D eigenvalue weighted by molar-refractivity contribution is 5.95. The highest BCUT2D eigenvalue weighted by Crippen LogP contribution is 2.25. The lowest BCUT2D eigenvalue weighted by Crippen LogP contribution is -2.45. The van der Waals surface area contributed by atoms with Crippen LogP contribution in [0.3, 0.4) is 0 Å². The fourth-order valence-electron chi connectivity index (χ4n) is 3.28. The SMILES string of the molecule is COc1ccccc1NC(=O)C1CCCN(C(=O)Nc2cccc(C)c2)C1. The van der Waals surface area contributed by atoms with E-state index in [2.05, 4.69) is 10.6 Å². The second kappa shape index (κ2) is 8.58. The zero-order chi connectivity index (χ0) is 19.2. The first kappa shape index (κ1) is 18.8. The molecule has 1 aliphatic heterocycles. The summed E-state index contributed by atoms with van der Waals surface area (Å²) >= 11 is 0. The second-order valence-corrected chi connectivity index (χ2v) is 6.77. The topological polar surface area (TPSA) is 70.7 Å². The molecule has 2 N–H and O–H groups in total. The van der Waals surface area contributed by atoms with Crippen molar-refractivity contribution in [2.24, 2.45) is 5.92 Å². The molecule has 0 aliphatic carbocycles. The molecule has 0 radical (unpaired) electrons. The Kier molecular flexibility index (Phi) is 5.96. The van der Waals surface area contributed by atoms with E-state index in [1.165, 1.54) is 0 Å². The molecule has 6 heteroatoms. The Bertz CT molecular complexity index is 822. The summed E-state index contributed by atoms with van der Waals surface area (Å²) in [6.45, 7) is 3.03. The lowest BCUT2D eigenvalue weighted by atomic mass is 9.97. The molecule has 1 saturated heterocycles. The van der Waals surface area contributed by atoms with Gasteiger partial charge in [0.15, 0.2) is 0 Å². The van der Waals surface area contributed by atoms with Crippen LogP contribution in [0.25, 0.3) is 0 Å². The third kappa shape index (κ3) is 4.78. The van der Waals surface area contributed by atoms with Gasteiger partial charge in [0.05, 0.1) is 18.7 Å². The number of carbonyl (C=O) groups is 2. The van der Waals surface area contributed by atoms with Crippen LogP contribution in [0.15, 0.2) is 48.5 Å². The summed E-state index contributed by atoms with van der Waals surface area (Å²) in [5.74, 6) is 0.287. The number of benzene rings is 2. The molecule has 142 valence electrons. The Labute approximate surface area is 159 Å². The number of hydrogen-bond acceptors (Lipinski definition) is 3. The summed E-state index contributed by atoms with van der Waals surface area (Å²) in [5, 5.41) is 5.84. The van der Waals surface area contributed by atoms with Gasteiger partial charge < -0.3 is 20.3 Å². The van der Waals surface area contributed by atoms with Gasteiger partial charge in [-0.1, -0.05) is 24.3 Å². The standard InChI is InChI=1S/C21H25N3O3/c1-15-7-5-9-17(13-15)22-21(26)24-12-6-8-16(14-24)20(25)23-18-10-3-4-11-19(18)27-2/h3-5,7,9-11,13,16H,6,8,12,14H2,1-2H3,(H,22,26)(H,23,25).